The van der Waals surface area contributed by atoms with Crippen molar-refractivity contribution in [1.82, 2.24) is 15.6 Å². The maximum Gasteiger partial charge on any atom is 0.307 e. The summed E-state index contributed by atoms with van der Waals surface area (Å²) in [7, 11) is 1.34. The summed E-state index contributed by atoms with van der Waals surface area (Å²) in [4.78, 5) is 27.9. The molecular weight excluding hydrogens is 270 g/mol. The third-order valence-corrected chi connectivity index (χ3v) is 3.67. The van der Waals surface area contributed by atoms with Gasteiger partial charge < -0.3 is 15.4 Å². The summed E-state index contributed by atoms with van der Waals surface area (Å²) in [5, 5.41) is 6.16. The molecule has 1 aliphatic rings. The molecule has 6 heteroatoms. The fourth-order valence-electron chi connectivity index (χ4n) is 2.45. The van der Waals surface area contributed by atoms with Gasteiger partial charge in [-0.15, -0.1) is 0 Å². The third kappa shape index (κ3) is 4.53. The van der Waals surface area contributed by atoms with Crippen molar-refractivity contribution in [2.24, 2.45) is 5.92 Å². The van der Waals surface area contributed by atoms with Crippen LogP contribution < -0.4 is 10.6 Å². The summed E-state index contributed by atoms with van der Waals surface area (Å²) in [6, 6.07) is 3.23. The first-order valence-corrected chi connectivity index (χ1v) is 7.18. The minimum atomic E-state index is -0.402. The molecule has 0 radical (unpaired) electrons. The minimum Gasteiger partial charge on any atom is -0.469 e. The predicted molar refractivity (Wildman–Crippen MR) is 77.3 cm³/mol. The quantitative estimate of drug-likeness (QED) is 0.784. The molecule has 2 heterocycles. The fourth-order valence-corrected chi connectivity index (χ4v) is 2.45. The summed E-state index contributed by atoms with van der Waals surface area (Å²) in [6.45, 7) is 1.64. The molecule has 1 saturated heterocycles. The van der Waals surface area contributed by atoms with Crippen LogP contribution in [0.2, 0.25) is 0 Å². The Morgan fingerprint density at radius 1 is 1.57 bits per heavy atom. The van der Waals surface area contributed by atoms with Crippen molar-refractivity contribution in [1.29, 1.82) is 0 Å². The highest BCUT2D eigenvalue weighted by atomic mass is 16.5. The van der Waals surface area contributed by atoms with E-state index >= 15 is 0 Å². The van der Waals surface area contributed by atoms with Crippen molar-refractivity contribution in [2.45, 2.75) is 25.3 Å². The second-order valence-corrected chi connectivity index (χ2v) is 5.17. The van der Waals surface area contributed by atoms with Gasteiger partial charge in [-0.3, -0.25) is 14.6 Å². The molecule has 6 nitrogen and oxygen atoms in total. The number of rotatable bonds is 5. The number of amides is 1. The van der Waals surface area contributed by atoms with Gasteiger partial charge in [0.2, 0.25) is 5.91 Å². The van der Waals surface area contributed by atoms with Crippen molar-refractivity contribution in [2.75, 3.05) is 20.2 Å². The van der Waals surface area contributed by atoms with E-state index in [-0.39, 0.29) is 24.2 Å². The van der Waals surface area contributed by atoms with E-state index in [1.54, 1.807) is 18.5 Å². The van der Waals surface area contributed by atoms with Crippen molar-refractivity contribution in [3.63, 3.8) is 0 Å². The zero-order valence-electron chi connectivity index (χ0n) is 12.2. The fraction of sp³-hybridized carbons (Fsp3) is 0.533. The number of aromatic nitrogens is 1. The molecule has 21 heavy (non-hydrogen) atoms. The number of nitrogens with zero attached hydrogens (tertiary/aromatic N) is 1. The molecule has 114 valence electrons. The number of esters is 1. The van der Waals surface area contributed by atoms with Crippen LogP contribution in [0.15, 0.2) is 24.5 Å². The SMILES string of the molecule is COC(=O)C[C@H](NC(=O)[C@@H]1CCCNC1)c1cccnc1. The number of methoxy groups -OCH3 is 1. The molecule has 2 N–H and O–H groups in total. The first-order valence-electron chi connectivity index (χ1n) is 7.18. The van der Waals surface area contributed by atoms with Crippen LogP contribution >= 0.6 is 0 Å². The normalized spacial score (nSPS) is 19.6. The molecule has 1 fully saturated rings. The van der Waals surface area contributed by atoms with Crippen LogP contribution in [0.1, 0.15) is 30.9 Å². The molecule has 0 unspecified atom stereocenters. The van der Waals surface area contributed by atoms with Crippen molar-refractivity contribution in [3.8, 4) is 0 Å². The minimum absolute atomic E-state index is 0.0278. The van der Waals surface area contributed by atoms with Gasteiger partial charge in [0, 0.05) is 18.9 Å². The number of ether oxygens (including phenoxy) is 1. The van der Waals surface area contributed by atoms with Crippen LogP contribution in [-0.2, 0) is 14.3 Å². The van der Waals surface area contributed by atoms with Crippen molar-refractivity contribution in [3.05, 3.63) is 30.1 Å². The van der Waals surface area contributed by atoms with Crippen molar-refractivity contribution >= 4 is 11.9 Å². The van der Waals surface area contributed by atoms with Gasteiger partial charge in [0.1, 0.15) is 0 Å². The molecule has 0 spiro atoms. The molecule has 2 atom stereocenters. The van der Waals surface area contributed by atoms with E-state index in [9.17, 15) is 9.59 Å². The Bertz CT molecular complexity index is 472. The molecule has 1 aliphatic heterocycles. The van der Waals surface area contributed by atoms with Crippen LogP contribution in [0, 0.1) is 5.92 Å². The Balaban J connectivity index is 2.04. The van der Waals surface area contributed by atoms with E-state index in [0.717, 1.165) is 24.9 Å². The topological polar surface area (TPSA) is 80.3 Å². The first kappa shape index (κ1) is 15.4. The highest BCUT2D eigenvalue weighted by Gasteiger charge is 2.25. The summed E-state index contributed by atoms with van der Waals surface area (Å²) in [5.74, 6) is -0.429. The zero-order chi connectivity index (χ0) is 15.1. The van der Waals surface area contributed by atoms with Gasteiger partial charge in [-0.25, -0.2) is 0 Å². The predicted octanol–water partition coefficient (Wildman–Crippen LogP) is 0.802. The molecule has 0 saturated carbocycles. The Morgan fingerprint density at radius 3 is 3.05 bits per heavy atom. The van der Waals surface area contributed by atoms with Crippen LogP contribution in [0.5, 0.6) is 0 Å². The molecule has 2 rings (SSSR count). The average molecular weight is 291 g/mol. The number of carbonyl (C=O) groups is 2. The maximum atomic E-state index is 12.3. The van der Waals surface area contributed by atoms with Crippen LogP contribution in [0.25, 0.3) is 0 Å². The Labute approximate surface area is 124 Å². The highest BCUT2D eigenvalue weighted by molar-refractivity contribution is 5.80. The molecule has 0 aliphatic carbocycles. The average Bonchev–Trinajstić information content (AvgIpc) is 2.55. The Morgan fingerprint density at radius 2 is 2.43 bits per heavy atom. The summed E-state index contributed by atoms with van der Waals surface area (Å²) >= 11 is 0. The lowest BCUT2D eigenvalue weighted by Crippen LogP contribution is -2.42. The highest BCUT2D eigenvalue weighted by Crippen LogP contribution is 2.18. The number of nitrogens with one attached hydrogen (secondary N) is 2. The van der Waals surface area contributed by atoms with Crippen LogP contribution in [-0.4, -0.2) is 37.1 Å². The van der Waals surface area contributed by atoms with Crippen molar-refractivity contribution < 1.29 is 14.3 Å². The van der Waals surface area contributed by atoms with Crippen LogP contribution in [0.3, 0.4) is 0 Å². The molecule has 1 aromatic heterocycles. The second kappa shape index (κ2) is 7.73. The summed E-state index contributed by atoms with van der Waals surface area (Å²) in [6.07, 6.45) is 5.29. The summed E-state index contributed by atoms with van der Waals surface area (Å²) < 4.78 is 4.71. The number of pyridine rings is 1. The van der Waals surface area contributed by atoms with Gasteiger partial charge in [-0.05, 0) is 31.0 Å². The zero-order valence-corrected chi connectivity index (χ0v) is 12.2. The van der Waals surface area contributed by atoms with Gasteiger partial charge in [0.25, 0.3) is 0 Å². The van der Waals surface area contributed by atoms with Gasteiger partial charge >= 0.3 is 5.97 Å². The molecular formula is C15H21N3O3. The maximum absolute atomic E-state index is 12.3. The van der Waals surface area contributed by atoms with Gasteiger partial charge in [0.05, 0.1) is 25.5 Å². The van der Waals surface area contributed by atoms with E-state index in [2.05, 4.69) is 15.6 Å². The van der Waals surface area contributed by atoms with E-state index in [0.29, 0.717) is 6.54 Å². The lowest BCUT2D eigenvalue weighted by molar-refractivity contribution is -0.141. The van der Waals surface area contributed by atoms with Crippen LogP contribution in [0.4, 0.5) is 0 Å². The van der Waals surface area contributed by atoms with E-state index in [1.807, 2.05) is 6.07 Å². The van der Waals surface area contributed by atoms with E-state index in [1.165, 1.54) is 7.11 Å². The van der Waals surface area contributed by atoms with Gasteiger partial charge in [0.15, 0.2) is 0 Å². The smallest absolute Gasteiger partial charge is 0.307 e. The number of piperidine rings is 1. The number of carbonyl (C=O) groups excluding carboxylic acids is 2. The van der Waals surface area contributed by atoms with Gasteiger partial charge in [-0.1, -0.05) is 6.07 Å². The van der Waals surface area contributed by atoms with E-state index < -0.39 is 6.04 Å². The number of hydrogen-bond donors (Lipinski definition) is 2. The number of hydrogen-bond acceptors (Lipinski definition) is 5. The van der Waals surface area contributed by atoms with Gasteiger partial charge in [-0.2, -0.15) is 0 Å². The molecule has 1 amide bonds. The lowest BCUT2D eigenvalue weighted by Gasteiger charge is -2.25. The van der Waals surface area contributed by atoms with E-state index in [4.69, 9.17) is 4.74 Å². The standard InChI is InChI=1S/C15H21N3O3/c1-21-14(19)8-13(11-4-2-6-16-9-11)18-15(20)12-5-3-7-17-10-12/h2,4,6,9,12-13,17H,3,5,7-8,10H2,1H3,(H,18,20)/t12-,13+/m1/s1. The second-order valence-electron chi connectivity index (χ2n) is 5.17. The molecule has 1 aromatic rings. The third-order valence-electron chi connectivity index (χ3n) is 3.67. The lowest BCUT2D eigenvalue weighted by atomic mass is 9.97. The Kier molecular flexibility index (Phi) is 5.68. The summed E-state index contributed by atoms with van der Waals surface area (Å²) in [5.41, 5.74) is 0.806. The molecule has 0 aromatic carbocycles. The largest absolute Gasteiger partial charge is 0.469 e. The molecule has 0 bridgehead atoms. The first-order chi connectivity index (χ1) is 10.2. The monoisotopic (exact) mass is 291 g/mol. The Hall–Kier alpha value is -1.95.